The molecule has 0 bridgehead atoms. The summed E-state index contributed by atoms with van der Waals surface area (Å²) in [4.78, 5) is 33.3. The number of aliphatic carboxylic acids is 1. The molecular formula is C12H11N3O4. The largest absolute Gasteiger partial charge is 0.480 e. The molecule has 4 N–H and O–H groups in total. The van der Waals surface area contributed by atoms with Gasteiger partial charge in [-0.1, -0.05) is 6.07 Å². The number of benzene rings is 1. The lowest BCUT2D eigenvalue weighted by molar-refractivity contribution is -0.140. The topological polar surface area (TPSA) is 133 Å². The van der Waals surface area contributed by atoms with Gasteiger partial charge < -0.3 is 16.2 Å². The van der Waals surface area contributed by atoms with Gasteiger partial charge in [0.05, 0.1) is 18.1 Å². The molecule has 7 heteroatoms. The van der Waals surface area contributed by atoms with Crippen LogP contribution in [0.3, 0.4) is 0 Å². The number of primary amides is 1. The minimum atomic E-state index is -1.39. The van der Waals surface area contributed by atoms with E-state index in [1.165, 1.54) is 24.3 Å². The fourth-order valence-electron chi connectivity index (χ4n) is 1.37. The van der Waals surface area contributed by atoms with Gasteiger partial charge in [0, 0.05) is 5.56 Å². The molecule has 0 aliphatic heterocycles. The predicted molar refractivity (Wildman–Crippen MR) is 63.9 cm³/mol. The Kier molecular flexibility index (Phi) is 4.60. The third kappa shape index (κ3) is 4.12. The molecule has 0 radical (unpaired) electrons. The quantitative estimate of drug-likeness (QED) is 0.664. The summed E-state index contributed by atoms with van der Waals surface area (Å²) in [6, 6.07) is 6.22. The van der Waals surface area contributed by atoms with Crippen LogP contribution in [-0.2, 0) is 9.59 Å². The molecule has 0 saturated heterocycles. The van der Waals surface area contributed by atoms with E-state index in [1.807, 2.05) is 6.07 Å². The van der Waals surface area contributed by atoms with E-state index in [1.54, 1.807) is 0 Å². The highest BCUT2D eigenvalue weighted by Crippen LogP contribution is 2.05. The van der Waals surface area contributed by atoms with Crippen molar-refractivity contribution in [1.82, 2.24) is 5.32 Å². The molecule has 1 rings (SSSR count). The zero-order valence-corrected chi connectivity index (χ0v) is 9.79. The van der Waals surface area contributed by atoms with Gasteiger partial charge in [-0.3, -0.25) is 9.59 Å². The van der Waals surface area contributed by atoms with Gasteiger partial charge in [0.1, 0.15) is 6.04 Å². The monoisotopic (exact) mass is 261 g/mol. The Morgan fingerprint density at radius 3 is 2.63 bits per heavy atom. The smallest absolute Gasteiger partial charge is 0.326 e. The molecule has 1 aromatic carbocycles. The molecule has 1 aromatic rings. The van der Waals surface area contributed by atoms with Gasteiger partial charge in [-0.05, 0) is 18.2 Å². The SMILES string of the molecule is N#Cc1cccc(C(=O)NC(CC(N)=O)C(=O)O)c1. The maximum absolute atomic E-state index is 11.8. The normalized spacial score (nSPS) is 11.1. The second kappa shape index (κ2) is 6.16. The third-order valence-electron chi connectivity index (χ3n) is 2.26. The lowest BCUT2D eigenvalue weighted by Gasteiger charge is -2.12. The molecule has 0 spiro atoms. The lowest BCUT2D eigenvalue weighted by atomic mass is 10.1. The van der Waals surface area contributed by atoms with Crippen molar-refractivity contribution in [2.45, 2.75) is 12.5 Å². The second-order valence-electron chi connectivity index (χ2n) is 3.73. The minimum Gasteiger partial charge on any atom is -0.480 e. The molecule has 0 aromatic heterocycles. The van der Waals surface area contributed by atoms with E-state index < -0.39 is 30.2 Å². The Morgan fingerprint density at radius 1 is 1.42 bits per heavy atom. The van der Waals surface area contributed by atoms with Crippen molar-refractivity contribution < 1.29 is 19.5 Å². The van der Waals surface area contributed by atoms with Crippen LogP contribution in [0.1, 0.15) is 22.3 Å². The molecule has 0 aliphatic carbocycles. The second-order valence-corrected chi connectivity index (χ2v) is 3.73. The molecule has 2 amide bonds. The summed E-state index contributed by atoms with van der Waals surface area (Å²) in [6.45, 7) is 0. The van der Waals surface area contributed by atoms with Crippen molar-refractivity contribution in [3.05, 3.63) is 35.4 Å². The first-order valence-corrected chi connectivity index (χ1v) is 5.26. The van der Waals surface area contributed by atoms with Crippen LogP contribution < -0.4 is 11.1 Å². The molecular weight excluding hydrogens is 250 g/mol. The number of hydrogen-bond donors (Lipinski definition) is 3. The van der Waals surface area contributed by atoms with Gasteiger partial charge in [0.25, 0.3) is 5.91 Å². The fourth-order valence-corrected chi connectivity index (χ4v) is 1.37. The summed E-state index contributed by atoms with van der Waals surface area (Å²) < 4.78 is 0. The highest BCUT2D eigenvalue weighted by Gasteiger charge is 2.22. The van der Waals surface area contributed by atoms with Crippen LogP contribution in [-0.4, -0.2) is 28.9 Å². The third-order valence-corrected chi connectivity index (χ3v) is 2.26. The molecule has 19 heavy (non-hydrogen) atoms. The van der Waals surface area contributed by atoms with Gasteiger partial charge >= 0.3 is 5.97 Å². The standard InChI is InChI=1S/C12H11N3O4/c13-6-7-2-1-3-8(4-7)11(17)15-9(12(18)19)5-10(14)16/h1-4,9H,5H2,(H2,14,16)(H,15,17)(H,18,19). The Balaban J connectivity index is 2.85. The van der Waals surface area contributed by atoms with E-state index >= 15 is 0 Å². The number of carbonyl (C=O) groups is 3. The number of carboxylic acid groups (broad SMARTS) is 1. The van der Waals surface area contributed by atoms with E-state index in [0.29, 0.717) is 0 Å². The van der Waals surface area contributed by atoms with Gasteiger partial charge in [0.15, 0.2) is 0 Å². The molecule has 1 atom stereocenters. The summed E-state index contributed by atoms with van der Waals surface area (Å²) in [7, 11) is 0. The van der Waals surface area contributed by atoms with E-state index in [2.05, 4.69) is 5.32 Å². The van der Waals surface area contributed by atoms with Crippen molar-refractivity contribution in [3.8, 4) is 6.07 Å². The van der Waals surface area contributed by atoms with Crippen molar-refractivity contribution in [1.29, 1.82) is 5.26 Å². The maximum atomic E-state index is 11.8. The van der Waals surface area contributed by atoms with E-state index in [9.17, 15) is 14.4 Å². The van der Waals surface area contributed by atoms with Crippen LogP contribution in [0.2, 0.25) is 0 Å². The first kappa shape index (κ1) is 14.2. The number of hydrogen-bond acceptors (Lipinski definition) is 4. The molecule has 0 fully saturated rings. The van der Waals surface area contributed by atoms with Crippen LogP contribution in [0.15, 0.2) is 24.3 Å². The first-order valence-electron chi connectivity index (χ1n) is 5.26. The maximum Gasteiger partial charge on any atom is 0.326 e. The van der Waals surface area contributed by atoms with Crippen LogP contribution in [0.4, 0.5) is 0 Å². The number of nitrogens with one attached hydrogen (secondary N) is 1. The first-order chi connectivity index (χ1) is 8.93. The highest BCUT2D eigenvalue weighted by atomic mass is 16.4. The zero-order valence-electron chi connectivity index (χ0n) is 9.79. The predicted octanol–water partition coefficient (Wildman–Crippen LogP) is -0.383. The number of nitrogens with two attached hydrogens (primary N) is 1. The van der Waals surface area contributed by atoms with Crippen LogP contribution in [0.5, 0.6) is 0 Å². The number of nitrogens with zero attached hydrogens (tertiary/aromatic N) is 1. The molecule has 0 aliphatic rings. The number of carbonyl (C=O) groups excluding carboxylic acids is 2. The average Bonchev–Trinajstić information content (AvgIpc) is 2.37. The molecule has 7 nitrogen and oxygen atoms in total. The van der Waals surface area contributed by atoms with E-state index in [4.69, 9.17) is 16.1 Å². The van der Waals surface area contributed by atoms with Crippen LogP contribution in [0.25, 0.3) is 0 Å². The molecule has 0 heterocycles. The average molecular weight is 261 g/mol. The van der Waals surface area contributed by atoms with Crippen LogP contribution in [0, 0.1) is 11.3 Å². The van der Waals surface area contributed by atoms with Gasteiger partial charge in [0.2, 0.25) is 5.91 Å². The Labute approximate surface area is 108 Å². The summed E-state index contributed by atoms with van der Waals surface area (Å²) in [5.74, 6) is -2.88. The van der Waals surface area contributed by atoms with E-state index in [0.717, 1.165) is 0 Å². The Morgan fingerprint density at radius 2 is 2.11 bits per heavy atom. The fraction of sp³-hybridized carbons (Fsp3) is 0.167. The number of carboxylic acids is 1. The zero-order chi connectivity index (χ0) is 14.4. The molecule has 98 valence electrons. The lowest BCUT2D eigenvalue weighted by Crippen LogP contribution is -2.43. The Hall–Kier alpha value is -2.88. The van der Waals surface area contributed by atoms with Gasteiger partial charge in [-0.15, -0.1) is 0 Å². The minimum absolute atomic E-state index is 0.134. The summed E-state index contributed by atoms with van der Waals surface area (Å²) >= 11 is 0. The Bertz CT molecular complexity index is 562. The van der Waals surface area contributed by atoms with Gasteiger partial charge in [-0.2, -0.15) is 5.26 Å². The summed E-state index contributed by atoms with van der Waals surface area (Å²) in [5, 5.41) is 19.7. The molecule has 1 unspecified atom stereocenters. The molecule has 0 saturated carbocycles. The van der Waals surface area contributed by atoms with Crippen molar-refractivity contribution >= 4 is 17.8 Å². The van der Waals surface area contributed by atoms with Crippen LogP contribution >= 0.6 is 0 Å². The van der Waals surface area contributed by atoms with Crippen molar-refractivity contribution in [3.63, 3.8) is 0 Å². The number of nitriles is 1. The van der Waals surface area contributed by atoms with E-state index in [-0.39, 0.29) is 11.1 Å². The van der Waals surface area contributed by atoms with Crippen molar-refractivity contribution in [2.75, 3.05) is 0 Å². The highest BCUT2D eigenvalue weighted by molar-refractivity contribution is 5.97. The number of amides is 2. The van der Waals surface area contributed by atoms with Gasteiger partial charge in [-0.25, -0.2) is 4.79 Å². The summed E-state index contributed by atoms with van der Waals surface area (Å²) in [6.07, 6.45) is -0.501. The summed E-state index contributed by atoms with van der Waals surface area (Å²) in [5.41, 5.74) is 5.30. The van der Waals surface area contributed by atoms with Crippen molar-refractivity contribution in [2.24, 2.45) is 5.73 Å². The number of rotatable bonds is 5.